The summed E-state index contributed by atoms with van der Waals surface area (Å²) >= 11 is 0. The maximum absolute atomic E-state index is 13.4. The van der Waals surface area contributed by atoms with Crippen LogP contribution in [0.15, 0.2) is 97.2 Å². The number of phosphoric ester groups is 2. The fraction of sp³-hybridized carbons (Fsp3) is 0.753. The molecule has 0 saturated carbocycles. The lowest BCUT2D eigenvalue weighted by Crippen LogP contribution is -2.30. The van der Waals surface area contributed by atoms with Crippen LogP contribution in [0.4, 0.5) is 0 Å². The molecule has 0 heterocycles. The van der Waals surface area contributed by atoms with Crippen LogP contribution in [-0.4, -0.2) is 96.6 Å². The molecule has 0 spiro atoms. The molecule has 0 radical (unpaired) electrons. The van der Waals surface area contributed by atoms with Gasteiger partial charge in [0.1, 0.15) is 19.3 Å². The minimum atomic E-state index is -5.86. The molecular weight excluding hydrogens is 1310 g/mol. The Kier molecular flexibility index (Phi) is 63.5. The van der Waals surface area contributed by atoms with Gasteiger partial charge in [-0.1, -0.05) is 253 Å². The van der Waals surface area contributed by atoms with E-state index in [1.165, 1.54) is 77.0 Å². The standard InChI is InChI=1S/C81H142O17P2/c1-5-9-13-17-21-25-29-33-37-41-45-49-53-57-61-65-78(83)91-71-76(97-80(85)67-63-59-55-51-47-43-39-35-31-27-23-19-15-11-7-3)73-95-99(87,88)93-69-75(82)70-94-100(89,90)96-74-77(98-81(86)68-64-60-56-52-48-44-40-36-32-28-24-20-16-12-8-4)72-92-79(84)66-62-58-54-50-46-42-38-34-30-26-22-18-14-10-6-2/h21-28,33-40,75-77,82H,5-20,29-32,41-74H2,1-4H3,(H,87,88)(H,89,90)/b25-21-,26-22-,27-23-,28-24-,37-33-,38-34-,39-35-,40-36-/t76-,77-/m1/s1/i69D2,70D2,75D. The number of esters is 4. The van der Waals surface area contributed by atoms with Crippen LogP contribution in [0.3, 0.4) is 0 Å². The lowest BCUT2D eigenvalue weighted by atomic mass is 10.1. The molecule has 0 aromatic heterocycles. The van der Waals surface area contributed by atoms with Gasteiger partial charge in [0.15, 0.2) is 12.2 Å². The summed E-state index contributed by atoms with van der Waals surface area (Å²) in [7, 11) is -11.7. The van der Waals surface area contributed by atoms with Gasteiger partial charge in [0.2, 0.25) is 0 Å². The van der Waals surface area contributed by atoms with E-state index in [0.717, 1.165) is 167 Å². The second-order valence-electron chi connectivity index (χ2n) is 25.8. The first-order chi connectivity index (χ1) is 50.5. The average Bonchev–Trinajstić information content (AvgIpc) is 0.756. The summed E-state index contributed by atoms with van der Waals surface area (Å²) in [5.41, 5.74) is 0. The number of carbonyl (C=O) groups excluding carboxylic acids is 4. The van der Waals surface area contributed by atoms with E-state index < -0.39 is 97.4 Å². The van der Waals surface area contributed by atoms with Crippen LogP contribution in [0, 0.1) is 0 Å². The van der Waals surface area contributed by atoms with Crippen molar-refractivity contribution in [3.8, 4) is 0 Å². The van der Waals surface area contributed by atoms with Gasteiger partial charge in [0.05, 0.1) is 33.2 Å². The number of allylic oxidation sites excluding steroid dienone is 16. The van der Waals surface area contributed by atoms with Crippen molar-refractivity contribution >= 4 is 39.5 Å². The van der Waals surface area contributed by atoms with E-state index in [4.69, 9.17) is 34.8 Å². The normalized spacial score (nSPS) is 15.8. The SMILES string of the molecule is [2H]C([2H])(OP(=O)(O)OC[C@@H](COC(=O)CCCCCCC/C=C\C/C=C\CCCCC)OC(=O)CCCCCCC/C=C\C/C=C\CCCCC)C([2H])(O)C([2H])([2H])OP(=O)(O)OC[C@@H](COC(=O)CCCCCCC/C=C\C/C=C\CCCCC)OC(=O)CCCCCCC/C=C\C/C=C\CCCCC. The van der Waals surface area contributed by atoms with E-state index in [2.05, 4.69) is 134 Å². The Morgan fingerprint density at radius 3 is 0.790 bits per heavy atom. The largest absolute Gasteiger partial charge is 0.472 e. The summed E-state index contributed by atoms with van der Waals surface area (Å²) in [6, 6.07) is 0. The number of rotatable bonds is 74. The topological polar surface area (TPSA) is 237 Å². The van der Waals surface area contributed by atoms with Crippen molar-refractivity contribution in [1.82, 2.24) is 0 Å². The van der Waals surface area contributed by atoms with Crippen LogP contribution >= 0.6 is 15.6 Å². The van der Waals surface area contributed by atoms with E-state index in [-0.39, 0.29) is 25.7 Å². The quantitative estimate of drug-likeness (QED) is 0.0169. The highest BCUT2D eigenvalue weighted by molar-refractivity contribution is 7.47. The van der Waals surface area contributed by atoms with Crippen LogP contribution in [0.1, 0.15) is 343 Å². The van der Waals surface area contributed by atoms with Crippen molar-refractivity contribution in [3.05, 3.63) is 97.2 Å². The number of hydrogen-bond acceptors (Lipinski definition) is 15. The number of ether oxygens (including phenoxy) is 4. The zero-order valence-corrected chi connectivity index (χ0v) is 64.4. The molecule has 0 amide bonds. The zero-order valence-electron chi connectivity index (χ0n) is 67.6. The summed E-state index contributed by atoms with van der Waals surface area (Å²) < 4.78 is 109. The van der Waals surface area contributed by atoms with Gasteiger partial charge in [-0.05, 0) is 154 Å². The van der Waals surface area contributed by atoms with Crippen LogP contribution in [0.5, 0.6) is 0 Å². The molecule has 0 rings (SSSR count). The number of phosphoric acid groups is 2. The van der Waals surface area contributed by atoms with E-state index >= 15 is 0 Å². The monoisotopic (exact) mass is 1450 g/mol. The van der Waals surface area contributed by atoms with Gasteiger partial charge >= 0.3 is 39.5 Å². The number of aliphatic hydroxyl groups is 1. The third-order valence-electron chi connectivity index (χ3n) is 16.1. The molecule has 0 fully saturated rings. The first-order valence-electron chi connectivity index (χ1n) is 41.5. The molecular formula is C81H142O17P2. The maximum Gasteiger partial charge on any atom is 0.472 e. The fourth-order valence-corrected chi connectivity index (χ4v) is 11.4. The Morgan fingerprint density at radius 2 is 0.540 bits per heavy atom. The van der Waals surface area contributed by atoms with Gasteiger partial charge in [-0.15, -0.1) is 0 Å². The van der Waals surface area contributed by atoms with Gasteiger partial charge in [0.25, 0.3) is 0 Å². The third kappa shape index (κ3) is 72.3. The number of unbranched alkanes of at least 4 members (excludes halogenated alkanes) is 32. The molecule has 0 saturated heterocycles. The van der Waals surface area contributed by atoms with Crippen molar-refractivity contribution in [2.45, 2.75) is 354 Å². The number of hydrogen-bond donors (Lipinski definition) is 3. The first kappa shape index (κ1) is 86.6. The van der Waals surface area contributed by atoms with Crippen molar-refractivity contribution in [3.63, 3.8) is 0 Å². The highest BCUT2D eigenvalue weighted by Crippen LogP contribution is 2.45. The Balaban J connectivity index is 5.87. The van der Waals surface area contributed by atoms with Crippen LogP contribution in [0.2, 0.25) is 0 Å². The molecule has 578 valence electrons. The van der Waals surface area contributed by atoms with Crippen LogP contribution in [0.25, 0.3) is 0 Å². The van der Waals surface area contributed by atoms with Gasteiger partial charge < -0.3 is 33.8 Å². The predicted octanol–water partition coefficient (Wildman–Crippen LogP) is 22.8. The second-order valence-corrected chi connectivity index (χ2v) is 28.5. The number of carbonyl (C=O) groups is 4. The van der Waals surface area contributed by atoms with E-state index in [0.29, 0.717) is 38.5 Å². The predicted molar refractivity (Wildman–Crippen MR) is 409 cm³/mol. The Bertz CT molecular complexity index is 2350. The average molecular weight is 1450 g/mol. The maximum atomic E-state index is 13.4. The van der Waals surface area contributed by atoms with Gasteiger partial charge in [-0.2, -0.15) is 0 Å². The Hall–Kier alpha value is -4.02. The molecule has 19 heteroatoms. The molecule has 100 heavy (non-hydrogen) atoms. The summed E-state index contributed by atoms with van der Waals surface area (Å²) in [5.74, 6) is -2.82. The molecule has 17 nitrogen and oxygen atoms in total. The molecule has 0 aromatic carbocycles. The van der Waals surface area contributed by atoms with Crippen molar-refractivity contribution in [2.24, 2.45) is 0 Å². The first-order valence-corrected chi connectivity index (χ1v) is 42.0. The summed E-state index contributed by atoms with van der Waals surface area (Å²) in [6.07, 6.45) is 69.8. The summed E-state index contributed by atoms with van der Waals surface area (Å²) in [5, 5.41) is 11.1. The van der Waals surface area contributed by atoms with Crippen LogP contribution in [-0.2, 0) is 65.4 Å². The molecule has 4 atom stereocenters. The molecule has 2 unspecified atom stereocenters. The summed E-state index contributed by atoms with van der Waals surface area (Å²) in [6.45, 7) is -3.28. The van der Waals surface area contributed by atoms with Gasteiger partial charge in [-0.25, -0.2) is 9.13 Å². The molecule has 0 bridgehead atoms. The molecule has 0 aliphatic carbocycles. The Morgan fingerprint density at radius 1 is 0.320 bits per heavy atom. The van der Waals surface area contributed by atoms with Crippen LogP contribution < -0.4 is 0 Å². The molecule has 0 aromatic rings. The summed E-state index contributed by atoms with van der Waals surface area (Å²) in [4.78, 5) is 73.6. The minimum Gasteiger partial charge on any atom is -0.462 e. The smallest absolute Gasteiger partial charge is 0.462 e. The zero-order chi connectivity index (χ0) is 77.7. The van der Waals surface area contributed by atoms with E-state index in [1.54, 1.807) is 0 Å². The van der Waals surface area contributed by atoms with Gasteiger partial charge in [-0.3, -0.25) is 37.3 Å². The second kappa shape index (κ2) is 73.3. The lowest BCUT2D eigenvalue weighted by molar-refractivity contribution is -0.161. The molecule has 0 aliphatic heterocycles. The highest BCUT2D eigenvalue weighted by atomic mass is 31.2. The molecule has 3 N–H and O–H groups in total. The highest BCUT2D eigenvalue weighted by Gasteiger charge is 2.30. The Labute approximate surface area is 614 Å². The molecule has 0 aliphatic rings. The van der Waals surface area contributed by atoms with Crippen molar-refractivity contribution in [1.29, 1.82) is 0 Å². The van der Waals surface area contributed by atoms with E-state index in [1.807, 2.05) is 0 Å². The van der Waals surface area contributed by atoms with Crippen molar-refractivity contribution < 1.29 is 87.1 Å². The third-order valence-corrected chi connectivity index (χ3v) is 17.7. The van der Waals surface area contributed by atoms with Gasteiger partial charge in [0, 0.05) is 25.7 Å². The fourth-order valence-electron chi connectivity index (χ4n) is 10.2. The van der Waals surface area contributed by atoms with E-state index in [9.17, 15) is 43.2 Å². The minimum absolute atomic E-state index is 0.0236. The van der Waals surface area contributed by atoms with Crippen molar-refractivity contribution in [2.75, 3.05) is 39.5 Å². The lowest BCUT2D eigenvalue weighted by Gasteiger charge is -2.21.